The minimum absolute atomic E-state index is 0.0155. The van der Waals surface area contributed by atoms with Gasteiger partial charge in [0.05, 0.1) is 5.02 Å². The first-order chi connectivity index (χ1) is 14.8. The molecule has 0 aromatic heterocycles. The predicted molar refractivity (Wildman–Crippen MR) is 121 cm³/mol. The van der Waals surface area contributed by atoms with Gasteiger partial charge in [-0.3, -0.25) is 9.59 Å². The number of sulfonamides is 1. The zero-order chi connectivity index (χ0) is 22.4. The van der Waals surface area contributed by atoms with Crippen LogP contribution in [0.15, 0.2) is 23.1 Å². The minimum atomic E-state index is -3.77. The Hall–Kier alpha value is -1.35. The maximum atomic E-state index is 12.9. The summed E-state index contributed by atoms with van der Waals surface area (Å²) < 4.78 is 27.1. The van der Waals surface area contributed by atoms with E-state index in [0.29, 0.717) is 31.0 Å². The molecule has 1 saturated heterocycles. The molecule has 1 aromatic carbocycles. The number of rotatable bonds is 7. The van der Waals surface area contributed by atoms with Crippen molar-refractivity contribution in [3.8, 4) is 0 Å². The molecule has 0 unspecified atom stereocenters. The number of nitrogens with zero attached hydrogens (tertiary/aromatic N) is 1. The molecule has 172 valence electrons. The van der Waals surface area contributed by atoms with Gasteiger partial charge in [0.1, 0.15) is 4.90 Å². The Morgan fingerprint density at radius 1 is 0.903 bits per heavy atom. The number of amides is 2. The van der Waals surface area contributed by atoms with Gasteiger partial charge in [-0.05, 0) is 43.9 Å². The lowest BCUT2D eigenvalue weighted by Gasteiger charge is -2.30. The van der Waals surface area contributed by atoms with E-state index in [1.54, 1.807) is 0 Å². The molecule has 2 N–H and O–H groups in total. The van der Waals surface area contributed by atoms with E-state index in [0.717, 1.165) is 25.7 Å². The van der Waals surface area contributed by atoms with Crippen LogP contribution in [0.2, 0.25) is 10.0 Å². The van der Waals surface area contributed by atoms with Gasteiger partial charge in [0.2, 0.25) is 21.8 Å². The molecule has 1 saturated carbocycles. The Morgan fingerprint density at radius 3 is 2.03 bits per heavy atom. The van der Waals surface area contributed by atoms with Crippen LogP contribution in [-0.2, 0) is 19.6 Å². The highest BCUT2D eigenvalue weighted by Crippen LogP contribution is 2.30. The Morgan fingerprint density at radius 2 is 1.45 bits per heavy atom. The smallest absolute Gasteiger partial charge is 0.244 e. The van der Waals surface area contributed by atoms with Gasteiger partial charge < -0.3 is 10.6 Å². The third-order valence-corrected chi connectivity index (χ3v) is 8.65. The maximum Gasteiger partial charge on any atom is 0.244 e. The highest BCUT2D eigenvalue weighted by Gasteiger charge is 2.33. The fourth-order valence-electron chi connectivity index (χ4n) is 4.20. The summed E-state index contributed by atoms with van der Waals surface area (Å²) in [6.45, 7) is 1.25. The van der Waals surface area contributed by atoms with Gasteiger partial charge in [-0.15, -0.1) is 0 Å². The third-order valence-electron chi connectivity index (χ3n) is 6.04. The van der Waals surface area contributed by atoms with Crippen LogP contribution in [0, 0.1) is 11.8 Å². The lowest BCUT2D eigenvalue weighted by molar-refractivity contribution is -0.127. The number of nitrogens with one attached hydrogen (secondary N) is 2. The van der Waals surface area contributed by atoms with Gasteiger partial charge in [-0.2, -0.15) is 4.31 Å². The fourth-order valence-corrected chi connectivity index (χ4v) is 6.40. The van der Waals surface area contributed by atoms with Crippen LogP contribution in [0.4, 0.5) is 0 Å². The first-order valence-corrected chi connectivity index (χ1v) is 13.0. The summed E-state index contributed by atoms with van der Waals surface area (Å²) >= 11 is 12.0. The zero-order valence-electron chi connectivity index (χ0n) is 17.4. The minimum Gasteiger partial charge on any atom is -0.354 e. The van der Waals surface area contributed by atoms with E-state index in [-0.39, 0.29) is 46.7 Å². The Bertz CT molecular complexity index is 896. The van der Waals surface area contributed by atoms with Crippen molar-refractivity contribution in [2.45, 2.75) is 49.8 Å². The average Bonchev–Trinajstić information content (AvgIpc) is 2.78. The number of carbonyl (C=O) groups is 2. The van der Waals surface area contributed by atoms with Crippen LogP contribution in [0.3, 0.4) is 0 Å². The molecule has 10 heteroatoms. The van der Waals surface area contributed by atoms with Crippen molar-refractivity contribution in [2.24, 2.45) is 11.8 Å². The predicted octanol–water partition coefficient (Wildman–Crippen LogP) is 3.21. The van der Waals surface area contributed by atoms with Crippen molar-refractivity contribution < 1.29 is 18.0 Å². The van der Waals surface area contributed by atoms with E-state index in [1.165, 1.54) is 28.9 Å². The molecule has 1 aliphatic carbocycles. The second kappa shape index (κ2) is 11.0. The quantitative estimate of drug-likeness (QED) is 0.574. The van der Waals surface area contributed by atoms with Gasteiger partial charge in [0, 0.05) is 43.0 Å². The lowest BCUT2D eigenvalue weighted by Crippen LogP contribution is -2.44. The summed E-state index contributed by atoms with van der Waals surface area (Å²) in [6.07, 6.45) is 6.15. The second-order valence-electron chi connectivity index (χ2n) is 8.17. The summed E-state index contributed by atoms with van der Waals surface area (Å²) in [5.74, 6) is -0.184. The summed E-state index contributed by atoms with van der Waals surface area (Å²) in [5.41, 5.74) is 0. The molecule has 0 spiro atoms. The Labute approximate surface area is 193 Å². The van der Waals surface area contributed by atoms with Crippen molar-refractivity contribution in [1.82, 2.24) is 14.9 Å². The largest absolute Gasteiger partial charge is 0.354 e. The Kier molecular flexibility index (Phi) is 8.61. The van der Waals surface area contributed by atoms with Crippen LogP contribution >= 0.6 is 23.2 Å². The molecular weight excluding hydrogens is 461 g/mol. The third kappa shape index (κ3) is 6.34. The van der Waals surface area contributed by atoms with Crippen LogP contribution in [0.25, 0.3) is 0 Å². The van der Waals surface area contributed by atoms with Gasteiger partial charge in [-0.25, -0.2) is 8.42 Å². The standard InChI is InChI=1S/C21H29Cl2N3O4S/c22-17-6-7-18(23)19(14-17)31(29,30)26-12-8-16(9-13-26)21(28)25-11-10-24-20(27)15-4-2-1-3-5-15/h6-7,14-16H,1-5,8-13H2,(H,24,27)(H,25,28). The molecule has 0 radical (unpaired) electrons. The Balaban J connectivity index is 1.42. The molecule has 1 aliphatic heterocycles. The maximum absolute atomic E-state index is 12.9. The summed E-state index contributed by atoms with van der Waals surface area (Å²) in [5, 5.41) is 6.18. The van der Waals surface area contributed by atoms with Crippen molar-refractivity contribution in [3.63, 3.8) is 0 Å². The number of piperidine rings is 1. The summed E-state index contributed by atoms with van der Waals surface area (Å²) in [6, 6.07) is 4.35. The number of carbonyl (C=O) groups excluding carboxylic acids is 2. The zero-order valence-corrected chi connectivity index (χ0v) is 19.7. The highest BCUT2D eigenvalue weighted by molar-refractivity contribution is 7.89. The average molecular weight is 490 g/mol. The number of benzene rings is 1. The first kappa shape index (κ1) is 24.3. The fraction of sp³-hybridized carbons (Fsp3) is 0.619. The molecule has 0 bridgehead atoms. The normalized spacial score (nSPS) is 19.2. The van der Waals surface area contributed by atoms with Gasteiger partial charge in [0.25, 0.3) is 0 Å². The number of halogens is 2. The molecule has 0 atom stereocenters. The second-order valence-corrected chi connectivity index (χ2v) is 10.9. The molecule has 2 amide bonds. The van der Waals surface area contributed by atoms with Crippen LogP contribution in [0.5, 0.6) is 0 Å². The molecule has 3 rings (SSSR count). The van der Waals surface area contributed by atoms with E-state index in [1.807, 2.05) is 0 Å². The highest BCUT2D eigenvalue weighted by atomic mass is 35.5. The van der Waals surface area contributed by atoms with Crippen LogP contribution in [0.1, 0.15) is 44.9 Å². The van der Waals surface area contributed by atoms with E-state index in [2.05, 4.69) is 10.6 Å². The molecular formula is C21H29Cl2N3O4S. The lowest BCUT2D eigenvalue weighted by atomic mass is 9.89. The van der Waals surface area contributed by atoms with E-state index < -0.39 is 10.0 Å². The first-order valence-electron chi connectivity index (χ1n) is 10.8. The van der Waals surface area contributed by atoms with Crippen molar-refractivity contribution in [2.75, 3.05) is 26.2 Å². The topological polar surface area (TPSA) is 95.6 Å². The van der Waals surface area contributed by atoms with Crippen molar-refractivity contribution in [1.29, 1.82) is 0 Å². The molecule has 2 aliphatic rings. The van der Waals surface area contributed by atoms with Gasteiger partial charge in [0.15, 0.2) is 0 Å². The van der Waals surface area contributed by atoms with Crippen molar-refractivity contribution >= 4 is 45.0 Å². The molecule has 1 aromatic rings. The van der Waals surface area contributed by atoms with Gasteiger partial charge in [-0.1, -0.05) is 42.5 Å². The van der Waals surface area contributed by atoms with E-state index in [4.69, 9.17) is 23.2 Å². The van der Waals surface area contributed by atoms with Crippen LogP contribution in [-0.4, -0.2) is 50.7 Å². The molecule has 7 nitrogen and oxygen atoms in total. The molecule has 31 heavy (non-hydrogen) atoms. The van der Waals surface area contributed by atoms with Gasteiger partial charge >= 0.3 is 0 Å². The molecule has 2 fully saturated rings. The number of hydrogen-bond donors (Lipinski definition) is 2. The van der Waals surface area contributed by atoms with E-state index >= 15 is 0 Å². The van der Waals surface area contributed by atoms with E-state index in [9.17, 15) is 18.0 Å². The summed E-state index contributed by atoms with van der Waals surface area (Å²) in [7, 11) is -3.77. The van der Waals surface area contributed by atoms with Crippen molar-refractivity contribution in [3.05, 3.63) is 28.2 Å². The summed E-state index contributed by atoms with van der Waals surface area (Å²) in [4.78, 5) is 24.6. The van der Waals surface area contributed by atoms with Crippen LogP contribution < -0.4 is 10.6 Å². The molecule has 1 heterocycles. The monoisotopic (exact) mass is 489 g/mol. The number of hydrogen-bond acceptors (Lipinski definition) is 4. The SMILES string of the molecule is O=C(NCCNC(=O)C1CCN(S(=O)(=O)c2cc(Cl)ccc2Cl)CC1)C1CCCCC1.